The van der Waals surface area contributed by atoms with E-state index >= 15 is 0 Å². The summed E-state index contributed by atoms with van der Waals surface area (Å²) in [6, 6.07) is 7.26. The van der Waals surface area contributed by atoms with Crippen LogP contribution < -0.4 is 5.32 Å². The highest BCUT2D eigenvalue weighted by atomic mass is 16.2. The van der Waals surface area contributed by atoms with Crippen molar-refractivity contribution in [2.45, 2.75) is 20.4 Å². The molecule has 0 saturated heterocycles. The first-order chi connectivity index (χ1) is 13.6. The molecule has 28 heavy (non-hydrogen) atoms. The minimum absolute atomic E-state index is 0.201. The predicted octanol–water partition coefficient (Wildman–Crippen LogP) is 0.580. The quantitative estimate of drug-likeness (QED) is 0.535. The van der Waals surface area contributed by atoms with Crippen LogP contribution in [-0.2, 0) is 6.54 Å². The summed E-state index contributed by atoms with van der Waals surface area (Å²) in [5.41, 5.74) is 3.29. The SMILES string of the molecule is Cc1ccc(-n2cc(C(=O)NCc3ccc(-n4ccnn4)nn3)nn2)c(C)n1. The fourth-order valence-electron chi connectivity index (χ4n) is 2.57. The van der Waals surface area contributed by atoms with E-state index in [0.29, 0.717) is 11.5 Å². The van der Waals surface area contributed by atoms with Gasteiger partial charge in [-0.2, -0.15) is 5.10 Å². The molecule has 0 saturated carbocycles. The first-order valence-corrected chi connectivity index (χ1v) is 8.44. The number of nitrogens with zero attached hydrogens (tertiary/aromatic N) is 9. The highest BCUT2D eigenvalue weighted by molar-refractivity contribution is 5.91. The van der Waals surface area contributed by atoms with Gasteiger partial charge >= 0.3 is 0 Å². The third-order valence-corrected chi connectivity index (χ3v) is 3.96. The van der Waals surface area contributed by atoms with Gasteiger partial charge < -0.3 is 5.32 Å². The average molecular weight is 376 g/mol. The smallest absolute Gasteiger partial charge is 0.273 e. The van der Waals surface area contributed by atoms with Crippen molar-refractivity contribution in [2.24, 2.45) is 0 Å². The summed E-state index contributed by atoms with van der Waals surface area (Å²) < 4.78 is 3.03. The normalized spacial score (nSPS) is 10.8. The molecule has 0 aromatic carbocycles. The summed E-state index contributed by atoms with van der Waals surface area (Å²) in [6.07, 6.45) is 4.78. The number of pyridine rings is 1. The summed E-state index contributed by atoms with van der Waals surface area (Å²) in [7, 11) is 0. The van der Waals surface area contributed by atoms with Crippen LogP contribution in [0.1, 0.15) is 27.6 Å². The molecule has 0 fully saturated rings. The van der Waals surface area contributed by atoms with Crippen molar-refractivity contribution in [3.63, 3.8) is 0 Å². The lowest BCUT2D eigenvalue weighted by Gasteiger charge is -2.04. The zero-order valence-electron chi connectivity index (χ0n) is 15.2. The van der Waals surface area contributed by atoms with Gasteiger partial charge in [0, 0.05) is 5.69 Å². The second-order valence-corrected chi connectivity index (χ2v) is 6.02. The third kappa shape index (κ3) is 3.58. The fraction of sp³-hybridized carbons (Fsp3) is 0.176. The zero-order valence-corrected chi connectivity index (χ0v) is 15.2. The van der Waals surface area contributed by atoms with Gasteiger partial charge in [-0.3, -0.25) is 9.78 Å². The minimum atomic E-state index is -0.355. The first kappa shape index (κ1) is 17.4. The van der Waals surface area contributed by atoms with Crippen LogP contribution in [0.3, 0.4) is 0 Å². The Bertz CT molecular complexity index is 1100. The summed E-state index contributed by atoms with van der Waals surface area (Å²) in [5, 5.41) is 26.4. The largest absolute Gasteiger partial charge is 0.345 e. The molecule has 0 aliphatic carbocycles. The highest BCUT2D eigenvalue weighted by Gasteiger charge is 2.13. The number of hydrogen-bond acceptors (Lipinski definition) is 8. The number of hydrogen-bond donors (Lipinski definition) is 1. The molecule has 0 aliphatic rings. The molecule has 4 aromatic rings. The van der Waals surface area contributed by atoms with Crippen molar-refractivity contribution in [1.29, 1.82) is 0 Å². The van der Waals surface area contributed by atoms with Gasteiger partial charge in [-0.25, -0.2) is 9.36 Å². The molecular weight excluding hydrogens is 360 g/mol. The molecule has 0 atom stereocenters. The second kappa shape index (κ2) is 7.31. The van der Waals surface area contributed by atoms with Gasteiger partial charge in [-0.05, 0) is 38.1 Å². The van der Waals surface area contributed by atoms with Gasteiger partial charge in [0.25, 0.3) is 5.91 Å². The van der Waals surface area contributed by atoms with E-state index in [2.05, 4.69) is 41.1 Å². The van der Waals surface area contributed by atoms with Crippen LogP contribution >= 0.6 is 0 Å². The van der Waals surface area contributed by atoms with Crippen molar-refractivity contribution in [3.05, 3.63) is 65.6 Å². The maximum atomic E-state index is 12.3. The molecule has 4 rings (SSSR count). The number of carbonyl (C=O) groups is 1. The molecule has 11 heteroatoms. The molecule has 4 aromatic heterocycles. The maximum Gasteiger partial charge on any atom is 0.273 e. The van der Waals surface area contributed by atoms with Gasteiger partial charge in [0.1, 0.15) is 0 Å². The molecule has 11 nitrogen and oxygen atoms in total. The van der Waals surface area contributed by atoms with Crippen molar-refractivity contribution in [3.8, 4) is 11.5 Å². The minimum Gasteiger partial charge on any atom is -0.345 e. The lowest BCUT2D eigenvalue weighted by molar-refractivity contribution is 0.0945. The van der Waals surface area contributed by atoms with Crippen molar-refractivity contribution in [1.82, 2.24) is 50.5 Å². The topological polar surface area (TPSA) is 129 Å². The van der Waals surface area contributed by atoms with Crippen LogP contribution in [0.4, 0.5) is 0 Å². The highest BCUT2D eigenvalue weighted by Crippen LogP contribution is 2.11. The molecule has 140 valence electrons. The van der Waals surface area contributed by atoms with Crippen molar-refractivity contribution < 1.29 is 4.79 Å². The van der Waals surface area contributed by atoms with Crippen LogP contribution in [-0.4, -0.2) is 51.1 Å². The maximum absolute atomic E-state index is 12.3. The number of aromatic nitrogens is 9. The van der Waals surface area contributed by atoms with Crippen LogP contribution in [0.5, 0.6) is 0 Å². The van der Waals surface area contributed by atoms with E-state index in [9.17, 15) is 4.79 Å². The fourth-order valence-corrected chi connectivity index (χ4v) is 2.57. The van der Waals surface area contributed by atoms with E-state index in [1.165, 1.54) is 9.36 Å². The summed E-state index contributed by atoms with van der Waals surface area (Å²) in [6.45, 7) is 4.01. The van der Waals surface area contributed by atoms with E-state index in [4.69, 9.17) is 0 Å². The van der Waals surface area contributed by atoms with Gasteiger partial charge in [0.05, 0.1) is 42.2 Å². The lowest BCUT2D eigenvalue weighted by Crippen LogP contribution is -2.24. The van der Waals surface area contributed by atoms with Crippen molar-refractivity contribution >= 4 is 5.91 Å². The number of amides is 1. The zero-order chi connectivity index (χ0) is 19.5. The monoisotopic (exact) mass is 376 g/mol. The van der Waals surface area contributed by atoms with Crippen LogP contribution in [0.15, 0.2) is 42.9 Å². The van der Waals surface area contributed by atoms with Crippen molar-refractivity contribution in [2.75, 3.05) is 0 Å². The summed E-state index contributed by atoms with van der Waals surface area (Å²) >= 11 is 0. The second-order valence-electron chi connectivity index (χ2n) is 6.02. The number of rotatable bonds is 5. The Morgan fingerprint density at radius 1 is 1.04 bits per heavy atom. The van der Waals surface area contributed by atoms with Gasteiger partial charge in [-0.1, -0.05) is 10.4 Å². The number of carbonyl (C=O) groups excluding carboxylic acids is 1. The number of nitrogens with one attached hydrogen (secondary N) is 1. The Morgan fingerprint density at radius 3 is 2.64 bits per heavy atom. The molecule has 0 radical (unpaired) electrons. The number of aryl methyl sites for hydroxylation is 2. The summed E-state index contributed by atoms with van der Waals surface area (Å²) in [5.74, 6) is 0.184. The third-order valence-electron chi connectivity index (χ3n) is 3.96. The van der Waals surface area contributed by atoms with E-state index in [0.717, 1.165) is 17.1 Å². The van der Waals surface area contributed by atoms with E-state index < -0.39 is 0 Å². The summed E-state index contributed by atoms with van der Waals surface area (Å²) in [4.78, 5) is 16.7. The lowest BCUT2D eigenvalue weighted by atomic mass is 10.3. The standard InChI is InChI=1S/C17H16N10O/c1-11-3-5-15(12(2)20-11)27-10-14(22-25-27)17(28)18-9-13-4-6-16(23-21-13)26-8-7-19-24-26/h3-8,10H,9H2,1-2H3,(H,18,28). The Labute approximate surface area is 159 Å². The van der Waals surface area contributed by atoms with Gasteiger partial charge in [-0.15, -0.1) is 15.3 Å². The first-order valence-electron chi connectivity index (χ1n) is 8.44. The van der Waals surface area contributed by atoms with Gasteiger partial charge in [0.2, 0.25) is 0 Å². The van der Waals surface area contributed by atoms with Crippen LogP contribution in [0.2, 0.25) is 0 Å². The molecule has 1 N–H and O–H groups in total. The Morgan fingerprint density at radius 2 is 1.93 bits per heavy atom. The molecule has 4 heterocycles. The average Bonchev–Trinajstić information content (AvgIpc) is 3.39. The van der Waals surface area contributed by atoms with Crippen LogP contribution in [0.25, 0.3) is 11.5 Å². The Hall–Kier alpha value is -4.02. The molecule has 0 aliphatic heterocycles. The molecular formula is C17H16N10O. The van der Waals surface area contributed by atoms with E-state index in [1.807, 2.05) is 26.0 Å². The molecule has 0 bridgehead atoms. The van der Waals surface area contributed by atoms with Gasteiger partial charge in [0.15, 0.2) is 11.5 Å². The molecule has 1 amide bonds. The Kier molecular flexibility index (Phi) is 4.54. The molecule has 0 unspecified atom stereocenters. The molecule has 0 spiro atoms. The van der Waals surface area contributed by atoms with E-state index in [-0.39, 0.29) is 18.1 Å². The van der Waals surface area contributed by atoms with Crippen LogP contribution in [0, 0.1) is 13.8 Å². The van der Waals surface area contributed by atoms with E-state index in [1.54, 1.807) is 30.7 Å². The Balaban J connectivity index is 1.41. The predicted molar refractivity (Wildman–Crippen MR) is 96.7 cm³/mol.